The van der Waals surface area contributed by atoms with Gasteiger partial charge in [-0.2, -0.15) is 5.12 Å². The van der Waals surface area contributed by atoms with Crippen LogP contribution in [0.2, 0.25) is 0 Å². The molecule has 3 N–H and O–H groups in total. The van der Waals surface area contributed by atoms with Gasteiger partial charge in [-0.05, 0) is 12.8 Å². The largest absolute Gasteiger partial charge is 0.344 e. The number of hydrogen-bond donors (Lipinski definition) is 1. The molecule has 0 radical (unpaired) electrons. The molecule has 1 fully saturated rings. The molecular weight excluding hydrogens is 152 g/mol. The van der Waals surface area contributed by atoms with Crippen molar-refractivity contribution in [3.05, 3.63) is 0 Å². The van der Waals surface area contributed by atoms with E-state index in [1.54, 1.807) is 0 Å². The van der Waals surface area contributed by atoms with E-state index in [1.165, 1.54) is 32.5 Å². The Kier molecular flexibility index (Phi) is 5.41. The first kappa shape index (κ1) is 11.8. The van der Waals surface area contributed by atoms with E-state index in [9.17, 15) is 0 Å². The Hall–Kier alpha value is -0.160. The molecule has 12 heavy (non-hydrogen) atoms. The van der Waals surface area contributed by atoms with E-state index in [-0.39, 0.29) is 6.15 Å². The van der Waals surface area contributed by atoms with Crippen LogP contribution in [0.25, 0.3) is 0 Å². The van der Waals surface area contributed by atoms with Gasteiger partial charge in [0, 0.05) is 33.7 Å². The molecule has 0 amide bonds. The van der Waals surface area contributed by atoms with Crippen LogP contribution in [0.3, 0.4) is 0 Å². The molecule has 4 nitrogen and oxygen atoms in total. The summed E-state index contributed by atoms with van der Waals surface area (Å²) in [7, 11) is 4.27. The Bertz CT molecular complexity index is 116. The highest BCUT2D eigenvalue weighted by atomic mass is 15.8. The molecule has 1 aliphatic heterocycles. The third-order valence-electron chi connectivity index (χ3n) is 2.28. The second-order valence-electron chi connectivity index (χ2n) is 3.18. The first-order valence-corrected chi connectivity index (χ1v) is 4.45. The van der Waals surface area contributed by atoms with Gasteiger partial charge in [-0.25, -0.2) is 10.0 Å². The van der Waals surface area contributed by atoms with E-state index in [0.717, 1.165) is 0 Å². The zero-order chi connectivity index (χ0) is 8.27. The molecule has 1 heterocycles. The fourth-order valence-electron chi connectivity index (χ4n) is 1.50. The number of rotatable bonds is 2. The van der Waals surface area contributed by atoms with Crippen molar-refractivity contribution in [2.45, 2.75) is 19.8 Å². The predicted octanol–water partition coefficient (Wildman–Crippen LogP) is 0.958. The maximum Gasteiger partial charge on any atom is 0.0179 e. The number of hydrogen-bond acceptors (Lipinski definition) is 4. The molecule has 1 saturated heterocycles. The average Bonchev–Trinajstić information content (AvgIpc) is 1.99. The van der Waals surface area contributed by atoms with Gasteiger partial charge in [-0.15, -0.1) is 0 Å². The Morgan fingerprint density at radius 2 is 1.83 bits per heavy atom. The molecule has 0 aromatic heterocycles. The normalized spacial score (nSPS) is 22.2. The van der Waals surface area contributed by atoms with Gasteiger partial charge >= 0.3 is 0 Å². The van der Waals surface area contributed by atoms with Crippen molar-refractivity contribution in [2.75, 3.05) is 33.7 Å². The molecule has 0 aromatic rings. The SMILES string of the molecule is CCCN1CCCN(C)N1C.N. The smallest absolute Gasteiger partial charge is 0.0179 e. The zero-order valence-corrected chi connectivity index (χ0v) is 8.58. The monoisotopic (exact) mass is 174 g/mol. The Labute approximate surface area is 75.6 Å². The maximum atomic E-state index is 2.39. The second-order valence-corrected chi connectivity index (χ2v) is 3.18. The molecule has 74 valence electrons. The van der Waals surface area contributed by atoms with Crippen molar-refractivity contribution in [2.24, 2.45) is 0 Å². The molecule has 0 aliphatic carbocycles. The fourth-order valence-corrected chi connectivity index (χ4v) is 1.50. The summed E-state index contributed by atoms with van der Waals surface area (Å²) in [6.45, 7) is 5.81. The summed E-state index contributed by atoms with van der Waals surface area (Å²) >= 11 is 0. The Morgan fingerprint density at radius 1 is 1.17 bits per heavy atom. The second kappa shape index (κ2) is 5.48. The quantitative estimate of drug-likeness (QED) is 0.677. The van der Waals surface area contributed by atoms with Crippen molar-refractivity contribution in [3.63, 3.8) is 0 Å². The zero-order valence-electron chi connectivity index (χ0n) is 8.58. The molecule has 0 atom stereocenters. The van der Waals surface area contributed by atoms with Gasteiger partial charge in [-0.3, -0.25) is 0 Å². The maximum absolute atomic E-state index is 2.39. The highest BCUT2D eigenvalue weighted by molar-refractivity contribution is 4.59. The van der Waals surface area contributed by atoms with Crippen LogP contribution in [0.15, 0.2) is 0 Å². The predicted molar refractivity (Wildman–Crippen MR) is 51.9 cm³/mol. The topological polar surface area (TPSA) is 44.7 Å². The van der Waals surface area contributed by atoms with Crippen molar-refractivity contribution >= 4 is 0 Å². The van der Waals surface area contributed by atoms with Crippen LogP contribution in [0, 0.1) is 0 Å². The van der Waals surface area contributed by atoms with Crippen LogP contribution in [-0.4, -0.2) is 48.9 Å². The van der Waals surface area contributed by atoms with Gasteiger partial charge in [-0.1, -0.05) is 6.92 Å². The molecule has 0 bridgehead atoms. The number of hydrazine groups is 2. The lowest BCUT2D eigenvalue weighted by molar-refractivity contribution is -0.179. The van der Waals surface area contributed by atoms with Crippen LogP contribution < -0.4 is 6.15 Å². The Morgan fingerprint density at radius 3 is 2.42 bits per heavy atom. The molecule has 0 saturated carbocycles. The third kappa shape index (κ3) is 2.71. The van der Waals surface area contributed by atoms with Crippen LogP contribution >= 0.6 is 0 Å². The number of nitrogens with zero attached hydrogens (tertiary/aromatic N) is 3. The van der Waals surface area contributed by atoms with Gasteiger partial charge < -0.3 is 6.15 Å². The van der Waals surface area contributed by atoms with Crippen molar-refractivity contribution in [1.29, 1.82) is 0 Å². The van der Waals surface area contributed by atoms with Crippen LogP contribution in [-0.2, 0) is 0 Å². The van der Waals surface area contributed by atoms with E-state index in [2.05, 4.69) is 36.2 Å². The molecule has 1 rings (SSSR count). The molecule has 0 unspecified atom stereocenters. The van der Waals surface area contributed by atoms with Crippen molar-refractivity contribution < 1.29 is 0 Å². The highest BCUT2D eigenvalue weighted by Gasteiger charge is 2.18. The standard InChI is InChI=1S/C8H19N3.H3N/c1-4-6-11-8-5-7-9(2)10(11)3;/h4-8H2,1-3H3;1H3. The molecular formula is C8H22N4. The van der Waals surface area contributed by atoms with E-state index in [0.29, 0.717) is 0 Å². The lowest BCUT2D eigenvalue weighted by Gasteiger charge is -2.42. The summed E-state index contributed by atoms with van der Waals surface area (Å²) in [5, 5.41) is 6.88. The summed E-state index contributed by atoms with van der Waals surface area (Å²) in [6, 6.07) is 0. The average molecular weight is 174 g/mol. The van der Waals surface area contributed by atoms with Gasteiger partial charge in [0.25, 0.3) is 0 Å². The lowest BCUT2D eigenvalue weighted by atomic mass is 10.3. The molecule has 0 spiro atoms. The fraction of sp³-hybridized carbons (Fsp3) is 1.00. The minimum atomic E-state index is 0. The van der Waals surface area contributed by atoms with Crippen molar-refractivity contribution in [1.82, 2.24) is 21.3 Å². The third-order valence-corrected chi connectivity index (χ3v) is 2.28. The van der Waals surface area contributed by atoms with E-state index >= 15 is 0 Å². The van der Waals surface area contributed by atoms with Gasteiger partial charge in [0.2, 0.25) is 0 Å². The molecule has 4 heteroatoms. The van der Waals surface area contributed by atoms with Gasteiger partial charge in [0.1, 0.15) is 0 Å². The summed E-state index contributed by atoms with van der Waals surface area (Å²) < 4.78 is 0. The Balaban J connectivity index is 0.00000121. The van der Waals surface area contributed by atoms with E-state index in [4.69, 9.17) is 0 Å². The minimum Gasteiger partial charge on any atom is -0.344 e. The summed E-state index contributed by atoms with van der Waals surface area (Å²) in [5.41, 5.74) is 0. The summed E-state index contributed by atoms with van der Waals surface area (Å²) in [6.07, 6.45) is 2.53. The van der Waals surface area contributed by atoms with Crippen LogP contribution in [0.5, 0.6) is 0 Å². The first-order chi connectivity index (χ1) is 5.25. The summed E-state index contributed by atoms with van der Waals surface area (Å²) in [5.74, 6) is 0. The van der Waals surface area contributed by atoms with E-state index < -0.39 is 0 Å². The van der Waals surface area contributed by atoms with Gasteiger partial charge in [0.05, 0.1) is 0 Å². The lowest BCUT2D eigenvalue weighted by Crippen LogP contribution is -2.54. The first-order valence-electron chi connectivity index (χ1n) is 4.45. The molecule has 0 aromatic carbocycles. The molecule has 1 aliphatic rings. The van der Waals surface area contributed by atoms with Crippen LogP contribution in [0.1, 0.15) is 19.8 Å². The van der Waals surface area contributed by atoms with Crippen LogP contribution in [0.4, 0.5) is 0 Å². The van der Waals surface area contributed by atoms with E-state index in [1.807, 2.05) is 0 Å². The minimum absolute atomic E-state index is 0. The van der Waals surface area contributed by atoms with Crippen molar-refractivity contribution in [3.8, 4) is 0 Å². The summed E-state index contributed by atoms with van der Waals surface area (Å²) in [4.78, 5) is 0. The highest BCUT2D eigenvalue weighted by Crippen LogP contribution is 2.07. The van der Waals surface area contributed by atoms with Gasteiger partial charge in [0.15, 0.2) is 0 Å².